The van der Waals surface area contributed by atoms with Crippen molar-refractivity contribution in [1.29, 1.82) is 0 Å². The second kappa shape index (κ2) is 19.1. The number of piperidine rings is 2. The van der Waals surface area contributed by atoms with Crippen molar-refractivity contribution in [2.75, 3.05) is 43.4 Å². The Balaban J connectivity index is 0.872. The molecule has 2 saturated heterocycles. The van der Waals surface area contributed by atoms with Gasteiger partial charge < -0.3 is 25.6 Å². The lowest BCUT2D eigenvalue weighted by atomic mass is 10.0. The second-order valence-corrected chi connectivity index (χ2v) is 17.8. The molecule has 2 aromatic carbocycles. The highest BCUT2D eigenvalue weighted by Gasteiger charge is 2.46. The van der Waals surface area contributed by atoms with Crippen LogP contribution in [0.15, 0.2) is 53.6 Å². The number of halogens is 1. The quantitative estimate of drug-likeness (QED) is 0.103. The van der Waals surface area contributed by atoms with Gasteiger partial charge in [0.1, 0.15) is 16.8 Å². The number of anilines is 3. The lowest BCUT2D eigenvalue weighted by Gasteiger charge is -2.33. The summed E-state index contributed by atoms with van der Waals surface area (Å²) in [6.45, 7) is 6.23. The molecule has 5 amide bonds. The van der Waals surface area contributed by atoms with Crippen LogP contribution in [0, 0.1) is 0 Å². The molecule has 0 spiro atoms. The number of aromatic nitrogens is 2. The molecule has 58 heavy (non-hydrogen) atoms. The van der Waals surface area contributed by atoms with E-state index in [2.05, 4.69) is 36.1 Å². The molecule has 0 saturated carbocycles. The van der Waals surface area contributed by atoms with Crippen LogP contribution in [0.3, 0.4) is 0 Å². The van der Waals surface area contributed by atoms with E-state index >= 15 is 0 Å². The third-order valence-corrected chi connectivity index (χ3v) is 12.9. The number of ether oxygens (including phenoxy) is 1. The molecule has 2 fully saturated rings. The predicted octanol–water partition coefficient (Wildman–Crippen LogP) is 4.48. The largest absolute Gasteiger partial charge is 0.483 e. The van der Waals surface area contributed by atoms with Crippen LogP contribution in [-0.2, 0) is 24.2 Å². The third-order valence-electron chi connectivity index (χ3n) is 10.4. The Bertz CT molecular complexity index is 2150. The zero-order valence-corrected chi connectivity index (χ0v) is 34.2. The molecule has 0 bridgehead atoms. The number of carbonyl (C=O) groups excluding carboxylic acids is 5. The van der Waals surface area contributed by atoms with E-state index in [4.69, 9.17) is 16.3 Å². The number of unbranched alkanes of at least 4 members (excludes halogenated alkanes) is 4. The average molecular weight is 837 g/mol. The predicted molar refractivity (Wildman–Crippen MR) is 217 cm³/mol. The van der Waals surface area contributed by atoms with Gasteiger partial charge in [-0.05, 0) is 83.3 Å². The summed E-state index contributed by atoms with van der Waals surface area (Å²) < 4.78 is 31.5. The van der Waals surface area contributed by atoms with Gasteiger partial charge in [0.05, 0.1) is 33.2 Å². The number of nitrogens with one attached hydrogen (secondary N) is 4. The summed E-state index contributed by atoms with van der Waals surface area (Å²) in [5.41, 5.74) is 0.486. The standard InChI is InChI=1S/C40H49ClN8O8S/c1-25(2)58(55,56)32-16-7-6-14-29(32)45-36-28(41)22-43-40(47-36)44-26-12-11-21-48(23-26)20-9-5-3-4-8-19-42-34(51)24-57-31-15-10-13-27-35(31)39(54)49(38(27)53)30-17-18-33(50)46-37(30)52/h6-7,10,13-16,22,25-26,30H,3-5,8-9,11-12,17-21,23-24H2,1-2H3,(H,42,51)(H,46,50,52)(H2,43,44,45,47). The van der Waals surface area contributed by atoms with Gasteiger partial charge in [-0.2, -0.15) is 4.98 Å². The van der Waals surface area contributed by atoms with Gasteiger partial charge in [0, 0.05) is 25.6 Å². The van der Waals surface area contributed by atoms with Crippen LogP contribution >= 0.6 is 11.6 Å². The molecule has 3 aliphatic heterocycles. The number of rotatable bonds is 18. The first-order valence-corrected chi connectivity index (χ1v) is 21.6. The molecule has 6 rings (SSSR count). The lowest BCUT2D eigenvalue weighted by Crippen LogP contribution is -2.54. The summed E-state index contributed by atoms with van der Waals surface area (Å²) in [4.78, 5) is 75.2. The normalized spacial score (nSPS) is 18.6. The number of para-hydroxylation sites is 1. The van der Waals surface area contributed by atoms with Gasteiger partial charge in [0.25, 0.3) is 17.7 Å². The Kier molecular flexibility index (Phi) is 14.0. The van der Waals surface area contributed by atoms with E-state index in [0.29, 0.717) is 24.0 Å². The minimum Gasteiger partial charge on any atom is -0.483 e. The van der Waals surface area contributed by atoms with Crippen LogP contribution in [0.4, 0.5) is 17.5 Å². The summed E-state index contributed by atoms with van der Waals surface area (Å²) in [5, 5.41) is 11.2. The fourth-order valence-electron chi connectivity index (χ4n) is 7.30. The van der Waals surface area contributed by atoms with Gasteiger partial charge in [-0.3, -0.25) is 34.2 Å². The van der Waals surface area contributed by atoms with E-state index in [1.165, 1.54) is 18.3 Å². The number of carbonyl (C=O) groups is 5. The van der Waals surface area contributed by atoms with Gasteiger partial charge in [-0.25, -0.2) is 13.4 Å². The van der Waals surface area contributed by atoms with Gasteiger partial charge >= 0.3 is 0 Å². The number of hydrogen-bond donors (Lipinski definition) is 4. The molecule has 18 heteroatoms. The molecule has 2 unspecified atom stereocenters. The first kappa shape index (κ1) is 42.5. The maximum atomic E-state index is 13.2. The minimum absolute atomic E-state index is 0.000692. The molecule has 4 N–H and O–H groups in total. The zero-order chi connectivity index (χ0) is 41.4. The van der Waals surface area contributed by atoms with Crippen LogP contribution in [-0.4, -0.2) is 108 Å². The van der Waals surface area contributed by atoms with Gasteiger partial charge in [-0.1, -0.05) is 49.1 Å². The lowest BCUT2D eigenvalue weighted by molar-refractivity contribution is -0.136. The monoisotopic (exact) mass is 836 g/mol. The fraction of sp³-hybridized carbons (Fsp3) is 0.475. The van der Waals surface area contributed by atoms with Crippen LogP contribution in [0.5, 0.6) is 5.75 Å². The summed E-state index contributed by atoms with van der Waals surface area (Å²) in [5.74, 6) is -2.03. The number of benzene rings is 2. The molecule has 3 aliphatic rings. The number of sulfone groups is 1. The Morgan fingerprint density at radius 1 is 1.00 bits per heavy atom. The van der Waals surface area contributed by atoms with Crippen molar-refractivity contribution in [3.05, 3.63) is 64.8 Å². The fourth-order valence-corrected chi connectivity index (χ4v) is 8.64. The number of likely N-dealkylation sites (tertiary alicyclic amines) is 1. The second-order valence-electron chi connectivity index (χ2n) is 14.9. The van der Waals surface area contributed by atoms with Crippen LogP contribution < -0.4 is 26.0 Å². The van der Waals surface area contributed by atoms with Crippen LogP contribution in [0.1, 0.15) is 92.4 Å². The van der Waals surface area contributed by atoms with Crippen molar-refractivity contribution in [3.63, 3.8) is 0 Å². The third kappa shape index (κ3) is 10.1. The Morgan fingerprint density at radius 2 is 1.78 bits per heavy atom. The average Bonchev–Trinajstić information content (AvgIpc) is 3.45. The van der Waals surface area contributed by atoms with E-state index in [0.717, 1.165) is 69.5 Å². The summed E-state index contributed by atoms with van der Waals surface area (Å²) in [6.07, 6.45) is 8.42. The van der Waals surface area contributed by atoms with Crippen molar-refractivity contribution < 1.29 is 37.1 Å². The molecule has 4 heterocycles. The zero-order valence-electron chi connectivity index (χ0n) is 32.6. The number of amides is 5. The van der Waals surface area contributed by atoms with Crippen LogP contribution in [0.2, 0.25) is 5.02 Å². The van der Waals surface area contributed by atoms with Crippen molar-refractivity contribution in [2.24, 2.45) is 0 Å². The van der Waals surface area contributed by atoms with E-state index in [1.54, 1.807) is 44.2 Å². The highest BCUT2D eigenvalue weighted by atomic mass is 35.5. The highest BCUT2D eigenvalue weighted by molar-refractivity contribution is 7.92. The van der Waals surface area contributed by atoms with Gasteiger partial charge in [-0.15, -0.1) is 0 Å². The Labute approximate surface area is 342 Å². The maximum Gasteiger partial charge on any atom is 0.266 e. The number of hydrogen-bond acceptors (Lipinski definition) is 13. The van der Waals surface area contributed by atoms with E-state index < -0.39 is 44.8 Å². The molecule has 310 valence electrons. The van der Waals surface area contributed by atoms with E-state index in [-0.39, 0.29) is 58.2 Å². The van der Waals surface area contributed by atoms with Crippen molar-refractivity contribution in [1.82, 2.24) is 30.4 Å². The van der Waals surface area contributed by atoms with Crippen molar-refractivity contribution >= 4 is 68.4 Å². The van der Waals surface area contributed by atoms with Crippen molar-refractivity contribution in [2.45, 2.75) is 93.9 Å². The highest BCUT2D eigenvalue weighted by Crippen LogP contribution is 2.34. The first-order valence-electron chi connectivity index (χ1n) is 19.7. The Morgan fingerprint density at radius 3 is 2.57 bits per heavy atom. The van der Waals surface area contributed by atoms with E-state index in [1.807, 2.05) is 0 Å². The Hall–Kier alpha value is -5.13. The topological polar surface area (TPSA) is 209 Å². The minimum atomic E-state index is -3.54. The van der Waals surface area contributed by atoms with Crippen LogP contribution in [0.25, 0.3) is 0 Å². The van der Waals surface area contributed by atoms with Crippen molar-refractivity contribution in [3.8, 4) is 5.75 Å². The van der Waals surface area contributed by atoms with Gasteiger partial charge in [0.2, 0.25) is 17.8 Å². The SMILES string of the molecule is CC(C)S(=O)(=O)c1ccccc1Nc1nc(NC2CCCN(CCCCCCCNC(=O)COc3cccc4c3C(=O)N(C3CCC(=O)NC3=O)C4=O)C2)ncc1Cl. The molecular weight excluding hydrogens is 788 g/mol. The molecule has 16 nitrogen and oxygen atoms in total. The maximum absolute atomic E-state index is 13.2. The summed E-state index contributed by atoms with van der Waals surface area (Å²) >= 11 is 6.42. The molecule has 3 aromatic rings. The molecular formula is C40H49ClN8O8S. The number of fused-ring (bicyclic) bond motifs is 1. The van der Waals surface area contributed by atoms with E-state index in [9.17, 15) is 32.4 Å². The summed E-state index contributed by atoms with van der Waals surface area (Å²) in [7, 11) is -3.54. The molecule has 1 aromatic heterocycles. The molecule has 2 atom stereocenters. The number of nitrogens with zero attached hydrogens (tertiary/aromatic N) is 4. The smallest absolute Gasteiger partial charge is 0.266 e. The molecule has 0 aliphatic carbocycles. The van der Waals surface area contributed by atoms with Gasteiger partial charge in [0.15, 0.2) is 22.3 Å². The summed E-state index contributed by atoms with van der Waals surface area (Å²) in [6, 6.07) is 10.3. The molecule has 0 radical (unpaired) electrons. The number of imide groups is 2. The first-order chi connectivity index (χ1) is 27.8.